The highest BCUT2D eigenvalue weighted by molar-refractivity contribution is 9.10. The molecule has 1 atom stereocenters. The largest absolute Gasteiger partial charge is 0.319 e. The Morgan fingerprint density at radius 3 is 2.89 bits per heavy atom. The summed E-state index contributed by atoms with van der Waals surface area (Å²) < 4.78 is 15.8. The quantitative estimate of drug-likeness (QED) is 0.944. The van der Waals surface area contributed by atoms with E-state index in [9.17, 15) is 4.39 Å². The van der Waals surface area contributed by atoms with E-state index in [0.29, 0.717) is 5.56 Å². The molecule has 0 aromatic carbocycles. The lowest BCUT2D eigenvalue weighted by Crippen LogP contribution is -2.18. The van der Waals surface area contributed by atoms with E-state index in [1.807, 2.05) is 4.68 Å². The number of hydrogen-bond acceptors (Lipinski definition) is 3. The van der Waals surface area contributed by atoms with Crippen molar-refractivity contribution in [3.63, 3.8) is 0 Å². The maximum atomic E-state index is 13.2. The molecule has 0 saturated carbocycles. The van der Waals surface area contributed by atoms with Gasteiger partial charge in [0.25, 0.3) is 0 Å². The molecule has 2 aromatic heterocycles. The van der Waals surface area contributed by atoms with E-state index >= 15 is 0 Å². The number of rotatable bonds is 4. The predicted octanol–water partition coefficient (Wildman–Crippen LogP) is 2.64. The van der Waals surface area contributed by atoms with Crippen LogP contribution in [0.25, 0.3) is 0 Å². The molecule has 2 rings (SSSR count). The van der Waals surface area contributed by atoms with Crippen LogP contribution in [0.5, 0.6) is 0 Å². The minimum Gasteiger partial charge on any atom is -0.319 e. The molecule has 2 N–H and O–H groups in total. The van der Waals surface area contributed by atoms with Crippen LogP contribution in [-0.4, -0.2) is 14.8 Å². The summed E-state index contributed by atoms with van der Waals surface area (Å²) in [5.74, 6) is -0.388. The van der Waals surface area contributed by atoms with E-state index in [1.165, 1.54) is 6.07 Å². The Kier molecular flexibility index (Phi) is 4.08. The summed E-state index contributed by atoms with van der Waals surface area (Å²) >= 11 is 3.43. The smallest absolute Gasteiger partial charge is 0.141 e. The van der Waals surface area contributed by atoms with Crippen LogP contribution in [0, 0.1) is 5.82 Å². The predicted molar refractivity (Wildman–Crippen MR) is 70.4 cm³/mol. The van der Waals surface area contributed by atoms with Gasteiger partial charge in [0.15, 0.2) is 0 Å². The standard InChI is InChI=1S/C12H14BrFN4/c1-2-3-18-12(10(13)7-17-18)11(15)8-4-9(14)6-16-5-8/h4-7,11H,2-3,15H2,1H3. The molecule has 18 heavy (non-hydrogen) atoms. The first-order valence-electron chi connectivity index (χ1n) is 5.70. The third-order valence-electron chi connectivity index (χ3n) is 2.65. The number of hydrogen-bond donors (Lipinski definition) is 1. The van der Waals surface area contributed by atoms with Crippen molar-refractivity contribution >= 4 is 15.9 Å². The van der Waals surface area contributed by atoms with Gasteiger partial charge in [0.1, 0.15) is 5.82 Å². The Labute approximate surface area is 113 Å². The zero-order valence-corrected chi connectivity index (χ0v) is 11.6. The van der Waals surface area contributed by atoms with Crippen LogP contribution in [0.1, 0.15) is 30.6 Å². The van der Waals surface area contributed by atoms with Gasteiger partial charge < -0.3 is 5.73 Å². The third kappa shape index (κ3) is 2.59. The summed E-state index contributed by atoms with van der Waals surface area (Å²) in [5, 5.41) is 4.25. The number of halogens is 2. The molecular formula is C12H14BrFN4. The van der Waals surface area contributed by atoms with Gasteiger partial charge >= 0.3 is 0 Å². The van der Waals surface area contributed by atoms with Crippen molar-refractivity contribution in [2.24, 2.45) is 5.73 Å². The highest BCUT2D eigenvalue weighted by Gasteiger charge is 2.18. The van der Waals surface area contributed by atoms with Gasteiger partial charge in [-0.25, -0.2) is 4.39 Å². The van der Waals surface area contributed by atoms with E-state index in [-0.39, 0.29) is 5.82 Å². The lowest BCUT2D eigenvalue weighted by Gasteiger charge is -2.15. The van der Waals surface area contributed by atoms with Crippen LogP contribution < -0.4 is 5.73 Å². The SMILES string of the molecule is CCCn1ncc(Br)c1C(N)c1cncc(F)c1. The molecule has 6 heteroatoms. The summed E-state index contributed by atoms with van der Waals surface area (Å²) in [5.41, 5.74) is 7.63. The monoisotopic (exact) mass is 312 g/mol. The third-order valence-corrected chi connectivity index (χ3v) is 3.26. The van der Waals surface area contributed by atoms with Crippen molar-refractivity contribution < 1.29 is 4.39 Å². The van der Waals surface area contributed by atoms with E-state index in [2.05, 4.69) is 32.9 Å². The van der Waals surface area contributed by atoms with Crippen LogP contribution in [0.3, 0.4) is 0 Å². The summed E-state index contributed by atoms with van der Waals surface area (Å²) in [4.78, 5) is 3.82. The summed E-state index contributed by atoms with van der Waals surface area (Å²) in [6.07, 6.45) is 5.39. The molecular weight excluding hydrogens is 299 g/mol. The molecule has 0 radical (unpaired) electrons. The van der Waals surface area contributed by atoms with Crippen LogP contribution in [0.15, 0.2) is 29.1 Å². The molecule has 2 aromatic rings. The van der Waals surface area contributed by atoms with Crippen molar-refractivity contribution in [1.82, 2.24) is 14.8 Å². The fraction of sp³-hybridized carbons (Fsp3) is 0.333. The van der Waals surface area contributed by atoms with E-state index in [1.54, 1.807) is 12.4 Å². The Bertz CT molecular complexity index is 541. The second-order valence-electron chi connectivity index (χ2n) is 4.02. The maximum absolute atomic E-state index is 13.2. The second kappa shape index (κ2) is 5.58. The first-order chi connectivity index (χ1) is 8.63. The average Bonchev–Trinajstić information content (AvgIpc) is 2.70. The van der Waals surface area contributed by atoms with Crippen LogP contribution in [0.4, 0.5) is 4.39 Å². The van der Waals surface area contributed by atoms with Crippen molar-refractivity contribution in [1.29, 1.82) is 0 Å². The molecule has 0 fully saturated rings. The van der Waals surface area contributed by atoms with Crippen molar-refractivity contribution in [2.75, 3.05) is 0 Å². The number of nitrogens with zero attached hydrogens (tertiary/aromatic N) is 3. The van der Waals surface area contributed by atoms with Gasteiger partial charge in [0.2, 0.25) is 0 Å². The fourth-order valence-electron chi connectivity index (χ4n) is 1.83. The van der Waals surface area contributed by atoms with Gasteiger partial charge in [0.05, 0.1) is 28.6 Å². The summed E-state index contributed by atoms with van der Waals surface area (Å²) in [7, 11) is 0. The lowest BCUT2D eigenvalue weighted by molar-refractivity contribution is 0.556. The van der Waals surface area contributed by atoms with Gasteiger partial charge in [-0.3, -0.25) is 9.67 Å². The fourth-order valence-corrected chi connectivity index (χ4v) is 2.37. The molecule has 0 spiro atoms. The van der Waals surface area contributed by atoms with Gasteiger partial charge in [-0.2, -0.15) is 5.10 Å². The number of aromatic nitrogens is 3. The van der Waals surface area contributed by atoms with Gasteiger partial charge in [-0.05, 0) is 34.0 Å². The van der Waals surface area contributed by atoms with Crippen LogP contribution in [-0.2, 0) is 6.54 Å². The minimum absolute atomic E-state index is 0.388. The Hall–Kier alpha value is -1.27. The molecule has 0 aliphatic carbocycles. The Balaban J connectivity index is 2.39. The van der Waals surface area contributed by atoms with E-state index in [0.717, 1.165) is 29.3 Å². The normalized spacial score (nSPS) is 12.7. The Morgan fingerprint density at radius 1 is 1.44 bits per heavy atom. The topological polar surface area (TPSA) is 56.7 Å². The van der Waals surface area contributed by atoms with Crippen molar-refractivity contribution in [2.45, 2.75) is 25.9 Å². The molecule has 0 saturated heterocycles. The summed E-state index contributed by atoms with van der Waals surface area (Å²) in [6, 6.07) is 0.949. The molecule has 96 valence electrons. The molecule has 0 amide bonds. The van der Waals surface area contributed by atoms with Gasteiger partial charge in [-0.15, -0.1) is 0 Å². The molecule has 1 unspecified atom stereocenters. The number of aryl methyl sites for hydroxylation is 1. The van der Waals surface area contributed by atoms with E-state index < -0.39 is 6.04 Å². The molecule has 0 bridgehead atoms. The molecule has 0 aliphatic rings. The molecule has 2 heterocycles. The minimum atomic E-state index is -0.448. The highest BCUT2D eigenvalue weighted by Crippen LogP contribution is 2.26. The molecule has 4 nitrogen and oxygen atoms in total. The number of nitrogens with two attached hydrogens (primary N) is 1. The Morgan fingerprint density at radius 2 is 2.22 bits per heavy atom. The van der Waals surface area contributed by atoms with Gasteiger partial charge in [-0.1, -0.05) is 6.92 Å². The zero-order chi connectivity index (χ0) is 13.1. The van der Waals surface area contributed by atoms with Crippen molar-refractivity contribution in [3.05, 3.63) is 46.2 Å². The van der Waals surface area contributed by atoms with Crippen molar-refractivity contribution in [3.8, 4) is 0 Å². The van der Waals surface area contributed by atoms with Crippen LogP contribution in [0.2, 0.25) is 0 Å². The highest BCUT2D eigenvalue weighted by atomic mass is 79.9. The second-order valence-corrected chi connectivity index (χ2v) is 4.87. The average molecular weight is 313 g/mol. The lowest BCUT2D eigenvalue weighted by atomic mass is 10.1. The van der Waals surface area contributed by atoms with Crippen LogP contribution >= 0.6 is 15.9 Å². The first-order valence-corrected chi connectivity index (χ1v) is 6.50. The summed E-state index contributed by atoms with van der Waals surface area (Å²) in [6.45, 7) is 2.84. The van der Waals surface area contributed by atoms with E-state index in [4.69, 9.17) is 5.73 Å². The maximum Gasteiger partial charge on any atom is 0.141 e. The molecule has 0 aliphatic heterocycles. The first kappa shape index (κ1) is 13.2. The van der Waals surface area contributed by atoms with Gasteiger partial charge in [0, 0.05) is 12.7 Å². The number of pyridine rings is 1. The zero-order valence-electron chi connectivity index (χ0n) is 9.98.